The molecular weight excluding hydrogens is 343 g/mol. The number of carbonyl (C=O) groups excluding carboxylic acids is 1. The second-order valence-electron chi connectivity index (χ2n) is 7.81. The number of anilines is 1. The lowest BCUT2D eigenvalue weighted by Gasteiger charge is -2.50. The molecule has 1 amide bonds. The van der Waals surface area contributed by atoms with Gasteiger partial charge in [0, 0.05) is 11.4 Å². The standard InChI is InChI=1S/C19H22F3N3O/c20-19(21,22)15-2-1-3-16(9-15)23-10-17(26)24-25-18-13-5-11-4-12(7-13)8-14(18)6-11/h1-3,9,11-14,23H,4-8,10H2,(H,24,26). The molecule has 2 N–H and O–H groups in total. The van der Waals surface area contributed by atoms with Gasteiger partial charge in [0.2, 0.25) is 0 Å². The first-order valence-electron chi connectivity index (χ1n) is 9.16. The van der Waals surface area contributed by atoms with E-state index < -0.39 is 11.7 Å². The van der Waals surface area contributed by atoms with Gasteiger partial charge in [-0.05, 0) is 74.0 Å². The Labute approximate surface area is 150 Å². The topological polar surface area (TPSA) is 53.5 Å². The van der Waals surface area contributed by atoms with Crippen LogP contribution in [0.5, 0.6) is 0 Å². The van der Waals surface area contributed by atoms with E-state index in [4.69, 9.17) is 0 Å². The lowest BCUT2D eigenvalue weighted by molar-refractivity contribution is -0.137. The van der Waals surface area contributed by atoms with Gasteiger partial charge in [-0.3, -0.25) is 4.79 Å². The predicted octanol–water partition coefficient (Wildman–Crippen LogP) is 4.05. The van der Waals surface area contributed by atoms with Crippen LogP contribution in [-0.2, 0) is 11.0 Å². The summed E-state index contributed by atoms with van der Waals surface area (Å²) in [5, 5.41) is 7.12. The minimum absolute atomic E-state index is 0.112. The van der Waals surface area contributed by atoms with Crippen LogP contribution >= 0.6 is 0 Å². The number of carbonyl (C=O) groups is 1. The van der Waals surface area contributed by atoms with Crippen molar-refractivity contribution in [3.05, 3.63) is 29.8 Å². The van der Waals surface area contributed by atoms with Crippen LogP contribution in [-0.4, -0.2) is 18.2 Å². The lowest BCUT2D eigenvalue weighted by atomic mass is 9.55. The molecule has 4 nitrogen and oxygen atoms in total. The molecule has 7 heteroatoms. The number of benzene rings is 1. The number of halogens is 3. The molecule has 5 rings (SSSR count). The zero-order valence-electron chi connectivity index (χ0n) is 14.4. The average molecular weight is 365 g/mol. The molecule has 4 fully saturated rings. The van der Waals surface area contributed by atoms with Gasteiger partial charge in [-0.1, -0.05) is 6.07 Å². The van der Waals surface area contributed by atoms with Gasteiger partial charge in [0.25, 0.3) is 5.91 Å². The molecule has 140 valence electrons. The summed E-state index contributed by atoms with van der Waals surface area (Å²) < 4.78 is 38.1. The summed E-state index contributed by atoms with van der Waals surface area (Å²) in [4.78, 5) is 12.0. The summed E-state index contributed by atoms with van der Waals surface area (Å²) in [6.45, 7) is -0.112. The van der Waals surface area contributed by atoms with Crippen LogP contribution in [0.1, 0.15) is 37.7 Å². The van der Waals surface area contributed by atoms with Crippen molar-refractivity contribution in [2.75, 3.05) is 11.9 Å². The van der Waals surface area contributed by atoms with Gasteiger partial charge in [-0.25, -0.2) is 5.43 Å². The maximum Gasteiger partial charge on any atom is 0.416 e. The van der Waals surface area contributed by atoms with Crippen LogP contribution in [0.15, 0.2) is 29.4 Å². The fraction of sp³-hybridized carbons (Fsp3) is 0.579. The summed E-state index contributed by atoms with van der Waals surface area (Å²) in [5.74, 6) is 2.32. The number of amides is 1. The molecule has 4 aliphatic carbocycles. The van der Waals surface area contributed by atoms with Gasteiger partial charge in [0.05, 0.1) is 12.1 Å². The molecule has 4 aliphatic rings. The molecule has 0 saturated heterocycles. The zero-order valence-corrected chi connectivity index (χ0v) is 14.4. The van der Waals surface area contributed by atoms with E-state index in [-0.39, 0.29) is 18.1 Å². The Bertz CT molecular complexity index is 699. The molecule has 0 aromatic heterocycles. The van der Waals surface area contributed by atoms with Gasteiger partial charge < -0.3 is 5.32 Å². The first-order valence-corrected chi connectivity index (χ1v) is 9.16. The van der Waals surface area contributed by atoms with E-state index in [9.17, 15) is 18.0 Å². The average Bonchev–Trinajstić information content (AvgIpc) is 2.58. The highest BCUT2D eigenvalue weighted by molar-refractivity contribution is 5.92. The van der Waals surface area contributed by atoms with Crippen molar-refractivity contribution in [2.24, 2.45) is 28.8 Å². The molecule has 0 unspecified atom stereocenters. The Hall–Kier alpha value is -2.05. The van der Waals surface area contributed by atoms with Crippen molar-refractivity contribution < 1.29 is 18.0 Å². The quantitative estimate of drug-likeness (QED) is 0.791. The number of alkyl halides is 3. The molecule has 1 aromatic rings. The van der Waals surface area contributed by atoms with Crippen LogP contribution < -0.4 is 10.7 Å². The first-order chi connectivity index (χ1) is 12.4. The number of hydrogen-bond acceptors (Lipinski definition) is 3. The number of hydrogen-bond donors (Lipinski definition) is 2. The fourth-order valence-electron chi connectivity index (χ4n) is 5.00. The van der Waals surface area contributed by atoms with Crippen molar-refractivity contribution >= 4 is 17.3 Å². The second kappa shape index (κ2) is 6.59. The van der Waals surface area contributed by atoms with Crippen LogP contribution in [0.25, 0.3) is 0 Å². The van der Waals surface area contributed by atoms with Crippen molar-refractivity contribution in [2.45, 2.75) is 38.3 Å². The molecule has 26 heavy (non-hydrogen) atoms. The minimum atomic E-state index is -4.40. The minimum Gasteiger partial charge on any atom is -0.376 e. The van der Waals surface area contributed by atoms with Crippen molar-refractivity contribution in [3.63, 3.8) is 0 Å². The predicted molar refractivity (Wildman–Crippen MR) is 92.6 cm³/mol. The largest absolute Gasteiger partial charge is 0.416 e. The Morgan fingerprint density at radius 3 is 2.35 bits per heavy atom. The lowest BCUT2D eigenvalue weighted by Crippen LogP contribution is -2.46. The van der Waals surface area contributed by atoms with Gasteiger partial charge in [0.1, 0.15) is 0 Å². The van der Waals surface area contributed by atoms with Crippen molar-refractivity contribution in [1.82, 2.24) is 5.43 Å². The fourth-order valence-corrected chi connectivity index (χ4v) is 5.00. The molecule has 0 aliphatic heterocycles. The Balaban J connectivity index is 1.32. The monoisotopic (exact) mass is 365 g/mol. The molecule has 4 bridgehead atoms. The molecular formula is C19H22F3N3O. The van der Waals surface area contributed by atoms with E-state index in [1.807, 2.05) is 0 Å². The highest BCUT2D eigenvalue weighted by Crippen LogP contribution is 2.52. The maximum absolute atomic E-state index is 12.7. The molecule has 1 aromatic carbocycles. The van der Waals surface area contributed by atoms with Gasteiger partial charge in [-0.2, -0.15) is 18.3 Å². The zero-order chi connectivity index (χ0) is 18.3. The smallest absolute Gasteiger partial charge is 0.376 e. The third-order valence-corrected chi connectivity index (χ3v) is 5.93. The Morgan fingerprint density at radius 1 is 1.08 bits per heavy atom. The van der Waals surface area contributed by atoms with Crippen LogP contribution in [0.2, 0.25) is 0 Å². The van der Waals surface area contributed by atoms with E-state index in [0.717, 1.165) is 29.7 Å². The van der Waals surface area contributed by atoms with E-state index in [2.05, 4.69) is 15.8 Å². The van der Waals surface area contributed by atoms with E-state index in [0.29, 0.717) is 11.8 Å². The molecule has 4 saturated carbocycles. The van der Waals surface area contributed by atoms with Gasteiger partial charge in [0.15, 0.2) is 0 Å². The third kappa shape index (κ3) is 3.57. The number of rotatable bonds is 4. The highest BCUT2D eigenvalue weighted by Gasteiger charge is 2.46. The van der Waals surface area contributed by atoms with Crippen molar-refractivity contribution in [1.29, 1.82) is 0 Å². The van der Waals surface area contributed by atoms with Gasteiger partial charge in [-0.15, -0.1) is 0 Å². The third-order valence-electron chi connectivity index (χ3n) is 5.93. The number of hydrazone groups is 1. The number of nitrogens with one attached hydrogen (secondary N) is 2. The van der Waals surface area contributed by atoms with Crippen molar-refractivity contribution in [3.8, 4) is 0 Å². The molecule has 0 atom stereocenters. The highest BCUT2D eigenvalue weighted by atomic mass is 19.4. The summed E-state index contributed by atoms with van der Waals surface area (Å²) in [6, 6.07) is 4.82. The molecule has 0 spiro atoms. The maximum atomic E-state index is 12.7. The summed E-state index contributed by atoms with van der Waals surface area (Å²) in [5.41, 5.74) is 3.24. The second-order valence-corrected chi connectivity index (χ2v) is 7.81. The normalized spacial score (nSPS) is 29.6. The molecule has 0 heterocycles. The Morgan fingerprint density at radius 2 is 1.73 bits per heavy atom. The molecule has 0 radical (unpaired) electrons. The summed E-state index contributed by atoms with van der Waals surface area (Å²) in [6.07, 6.45) is 1.70. The SMILES string of the molecule is O=C(CNc1cccc(C(F)(F)F)c1)NN=C1C2CC3CC(C2)CC1C3. The summed E-state index contributed by atoms with van der Waals surface area (Å²) >= 11 is 0. The summed E-state index contributed by atoms with van der Waals surface area (Å²) in [7, 11) is 0. The van der Waals surface area contributed by atoms with E-state index >= 15 is 0 Å². The van der Waals surface area contributed by atoms with Crippen LogP contribution in [0.3, 0.4) is 0 Å². The first kappa shape index (κ1) is 17.4. The van der Waals surface area contributed by atoms with Gasteiger partial charge >= 0.3 is 6.18 Å². The van der Waals surface area contributed by atoms with E-state index in [1.54, 1.807) is 0 Å². The Kier molecular flexibility index (Phi) is 4.40. The van der Waals surface area contributed by atoms with Crippen LogP contribution in [0, 0.1) is 23.7 Å². The number of nitrogens with zero attached hydrogens (tertiary/aromatic N) is 1. The van der Waals surface area contributed by atoms with E-state index in [1.165, 1.54) is 44.2 Å². The van der Waals surface area contributed by atoms with Crippen LogP contribution in [0.4, 0.5) is 18.9 Å².